The summed E-state index contributed by atoms with van der Waals surface area (Å²) in [5, 5.41) is 0. The van der Waals surface area contributed by atoms with Crippen molar-refractivity contribution in [3.63, 3.8) is 0 Å². The fraction of sp³-hybridized carbons (Fsp3) is 0.875. The molecule has 0 aromatic carbocycles. The first-order valence-electron chi connectivity index (χ1n) is 3.96. The van der Waals surface area contributed by atoms with Crippen molar-refractivity contribution in [3.8, 4) is 0 Å². The van der Waals surface area contributed by atoms with Gasteiger partial charge in [0.25, 0.3) is 6.29 Å². The zero-order chi connectivity index (χ0) is 8.53. The number of hydrogen-bond acceptors (Lipinski definition) is 3. The summed E-state index contributed by atoms with van der Waals surface area (Å²) in [5.41, 5.74) is 0. The minimum absolute atomic E-state index is 0.478. The molecule has 3 heteroatoms. The second kappa shape index (κ2) is 7.69. The summed E-state index contributed by atoms with van der Waals surface area (Å²) in [6, 6.07) is 0. The molecular weight excluding hydrogens is 144 g/mol. The van der Waals surface area contributed by atoms with Crippen molar-refractivity contribution < 1.29 is 14.3 Å². The molecule has 0 aliphatic heterocycles. The lowest BCUT2D eigenvalue weighted by Gasteiger charge is -2.09. The summed E-state index contributed by atoms with van der Waals surface area (Å²) in [6.45, 7) is 4.92. The molecular formula is C8H15O3. The highest BCUT2D eigenvalue weighted by atomic mass is 16.7. The number of unbranched alkanes of at least 4 members (excludes halogenated alkanes) is 1. The number of ether oxygens (including phenoxy) is 2. The zero-order valence-electron chi connectivity index (χ0n) is 7.13. The van der Waals surface area contributed by atoms with Gasteiger partial charge in [0.1, 0.15) is 0 Å². The summed E-state index contributed by atoms with van der Waals surface area (Å²) in [4.78, 5) is 10.1. The van der Waals surface area contributed by atoms with E-state index in [0.29, 0.717) is 13.2 Å². The molecule has 0 fully saturated rings. The molecule has 0 amide bonds. The molecule has 0 bridgehead atoms. The van der Waals surface area contributed by atoms with Crippen molar-refractivity contribution in [2.75, 3.05) is 13.2 Å². The van der Waals surface area contributed by atoms with Gasteiger partial charge in [-0.15, -0.1) is 0 Å². The topological polar surface area (TPSA) is 35.5 Å². The molecule has 0 saturated heterocycles. The third kappa shape index (κ3) is 6.01. The highest BCUT2D eigenvalue weighted by Gasteiger charge is 2.05. The predicted octanol–water partition coefficient (Wildman–Crippen LogP) is 1.28. The van der Waals surface area contributed by atoms with E-state index in [9.17, 15) is 4.79 Å². The van der Waals surface area contributed by atoms with Crippen LogP contribution in [0.1, 0.15) is 26.7 Å². The van der Waals surface area contributed by atoms with E-state index in [1.165, 1.54) is 0 Å². The first-order chi connectivity index (χ1) is 5.35. The van der Waals surface area contributed by atoms with Gasteiger partial charge < -0.3 is 9.47 Å². The molecule has 0 aromatic heterocycles. The van der Waals surface area contributed by atoms with E-state index < -0.39 is 6.29 Å². The second-order valence-corrected chi connectivity index (χ2v) is 2.13. The van der Waals surface area contributed by atoms with E-state index in [4.69, 9.17) is 9.47 Å². The minimum Gasteiger partial charge on any atom is -0.346 e. The second-order valence-electron chi connectivity index (χ2n) is 2.13. The Labute approximate surface area is 67.7 Å². The lowest BCUT2D eigenvalue weighted by molar-refractivity contribution is -0.0951. The fourth-order valence-corrected chi connectivity index (χ4v) is 0.602. The molecule has 0 spiro atoms. The van der Waals surface area contributed by atoms with Gasteiger partial charge in [0.2, 0.25) is 6.29 Å². The van der Waals surface area contributed by atoms with E-state index in [1.807, 2.05) is 6.92 Å². The molecule has 0 rings (SSSR count). The first kappa shape index (κ1) is 10.6. The van der Waals surface area contributed by atoms with Gasteiger partial charge in [-0.05, 0) is 13.3 Å². The number of hydrogen-bond donors (Lipinski definition) is 0. The Bertz CT molecular complexity index is 93.3. The van der Waals surface area contributed by atoms with E-state index in [2.05, 4.69) is 6.92 Å². The maximum atomic E-state index is 10.1. The summed E-state index contributed by atoms with van der Waals surface area (Å²) in [7, 11) is 0. The van der Waals surface area contributed by atoms with Crippen LogP contribution in [0.4, 0.5) is 0 Å². The van der Waals surface area contributed by atoms with Crippen LogP contribution in [0, 0.1) is 0 Å². The Morgan fingerprint density at radius 1 is 1.36 bits per heavy atom. The predicted molar refractivity (Wildman–Crippen MR) is 42.0 cm³/mol. The Morgan fingerprint density at radius 3 is 2.55 bits per heavy atom. The molecule has 0 aliphatic rings. The lowest BCUT2D eigenvalue weighted by atomic mass is 10.4. The summed E-state index contributed by atoms with van der Waals surface area (Å²) in [5.74, 6) is 0. The minimum atomic E-state index is -0.786. The molecule has 11 heavy (non-hydrogen) atoms. The van der Waals surface area contributed by atoms with Crippen LogP contribution in [0.15, 0.2) is 0 Å². The van der Waals surface area contributed by atoms with E-state index in [1.54, 1.807) is 6.29 Å². The highest BCUT2D eigenvalue weighted by molar-refractivity contribution is 5.54. The van der Waals surface area contributed by atoms with Gasteiger partial charge in [-0.25, -0.2) is 0 Å². The Balaban J connectivity index is 3.28. The van der Waals surface area contributed by atoms with E-state index in [-0.39, 0.29) is 0 Å². The lowest BCUT2D eigenvalue weighted by Crippen LogP contribution is -2.19. The molecule has 1 atom stereocenters. The molecule has 0 aliphatic carbocycles. The average Bonchev–Trinajstić information content (AvgIpc) is 2.03. The van der Waals surface area contributed by atoms with Gasteiger partial charge in [0.05, 0.1) is 6.61 Å². The van der Waals surface area contributed by atoms with Crippen molar-refractivity contribution in [2.45, 2.75) is 33.0 Å². The molecule has 3 nitrogen and oxygen atoms in total. The van der Waals surface area contributed by atoms with Crippen molar-refractivity contribution in [1.29, 1.82) is 0 Å². The van der Waals surface area contributed by atoms with Crippen LogP contribution >= 0.6 is 0 Å². The summed E-state index contributed by atoms with van der Waals surface area (Å²) >= 11 is 0. The van der Waals surface area contributed by atoms with Crippen molar-refractivity contribution >= 4 is 6.29 Å². The standard InChI is InChI=1S/C8H15O3/c1-3-5-6-11-8(7-9)10-4-2/h8H,3-6H2,1-2H3. The van der Waals surface area contributed by atoms with Gasteiger partial charge in [-0.3, -0.25) is 4.79 Å². The van der Waals surface area contributed by atoms with Gasteiger partial charge in [0.15, 0.2) is 0 Å². The van der Waals surface area contributed by atoms with Crippen LogP contribution in [0.25, 0.3) is 0 Å². The van der Waals surface area contributed by atoms with Crippen LogP contribution in [-0.4, -0.2) is 25.8 Å². The first-order valence-corrected chi connectivity index (χ1v) is 3.96. The molecule has 1 unspecified atom stereocenters. The van der Waals surface area contributed by atoms with Crippen molar-refractivity contribution in [2.24, 2.45) is 0 Å². The van der Waals surface area contributed by atoms with Gasteiger partial charge in [-0.2, -0.15) is 0 Å². The monoisotopic (exact) mass is 159 g/mol. The van der Waals surface area contributed by atoms with Gasteiger partial charge in [-0.1, -0.05) is 13.3 Å². The molecule has 65 valence electrons. The summed E-state index contributed by atoms with van der Waals surface area (Å²) < 4.78 is 9.92. The largest absolute Gasteiger partial charge is 0.346 e. The Morgan fingerprint density at radius 2 is 2.09 bits per heavy atom. The molecule has 0 aromatic rings. The number of rotatable bonds is 7. The third-order valence-corrected chi connectivity index (χ3v) is 1.18. The maximum Gasteiger partial charge on any atom is 0.259 e. The highest BCUT2D eigenvalue weighted by Crippen LogP contribution is 1.94. The maximum absolute atomic E-state index is 10.1. The van der Waals surface area contributed by atoms with E-state index >= 15 is 0 Å². The van der Waals surface area contributed by atoms with Crippen LogP contribution in [-0.2, 0) is 14.3 Å². The quantitative estimate of drug-likeness (QED) is 0.414. The average molecular weight is 159 g/mol. The van der Waals surface area contributed by atoms with Crippen molar-refractivity contribution in [1.82, 2.24) is 0 Å². The van der Waals surface area contributed by atoms with Crippen LogP contribution < -0.4 is 0 Å². The fourth-order valence-electron chi connectivity index (χ4n) is 0.602. The van der Waals surface area contributed by atoms with Gasteiger partial charge >= 0.3 is 0 Å². The molecule has 0 heterocycles. The van der Waals surface area contributed by atoms with E-state index in [0.717, 1.165) is 12.8 Å². The van der Waals surface area contributed by atoms with Crippen LogP contribution in [0.3, 0.4) is 0 Å². The third-order valence-electron chi connectivity index (χ3n) is 1.18. The normalized spacial score (nSPS) is 12.9. The van der Waals surface area contributed by atoms with Crippen LogP contribution in [0.5, 0.6) is 0 Å². The van der Waals surface area contributed by atoms with Crippen molar-refractivity contribution in [3.05, 3.63) is 0 Å². The summed E-state index contributed by atoms with van der Waals surface area (Å²) in [6.07, 6.45) is 2.88. The van der Waals surface area contributed by atoms with Crippen LogP contribution in [0.2, 0.25) is 0 Å². The molecule has 1 radical (unpaired) electrons. The molecule has 0 saturated carbocycles. The Kier molecular flexibility index (Phi) is 7.41. The number of carbonyl (C=O) groups excluding carboxylic acids is 1. The van der Waals surface area contributed by atoms with Gasteiger partial charge in [0, 0.05) is 6.61 Å². The molecule has 0 N–H and O–H groups in total. The Hall–Kier alpha value is -0.410. The zero-order valence-corrected chi connectivity index (χ0v) is 7.13. The SMILES string of the molecule is CCCCOC([C]=O)OCC. The smallest absolute Gasteiger partial charge is 0.259 e.